The molecule has 0 radical (unpaired) electrons. The van der Waals surface area contributed by atoms with Gasteiger partial charge in [0.15, 0.2) is 0 Å². The molecule has 1 aromatic heterocycles. The summed E-state index contributed by atoms with van der Waals surface area (Å²) < 4.78 is 5.82. The van der Waals surface area contributed by atoms with E-state index in [9.17, 15) is 0 Å². The number of para-hydroxylation sites is 2. The molecule has 3 nitrogen and oxygen atoms in total. The third-order valence-corrected chi connectivity index (χ3v) is 3.91. The van der Waals surface area contributed by atoms with Gasteiger partial charge >= 0.3 is 0 Å². The first-order valence-electron chi connectivity index (χ1n) is 6.50. The van der Waals surface area contributed by atoms with Crippen molar-refractivity contribution in [1.29, 1.82) is 0 Å². The monoisotopic (exact) mass is 276 g/mol. The molecule has 19 heavy (non-hydrogen) atoms. The molecule has 4 heteroatoms. The van der Waals surface area contributed by atoms with Crippen molar-refractivity contribution in [3.8, 4) is 5.75 Å². The van der Waals surface area contributed by atoms with Crippen molar-refractivity contribution in [2.75, 3.05) is 5.32 Å². The molecule has 0 amide bonds. The maximum absolute atomic E-state index is 5.82. The van der Waals surface area contributed by atoms with E-state index in [2.05, 4.69) is 17.2 Å². The zero-order chi connectivity index (χ0) is 13.8. The molecule has 0 aliphatic heterocycles. The van der Waals surface area contributed by atoms with Crippen LogP contribution in [0.2, 0.25) is 0 Å². The van der Waals surface area contributed by atoms with Crippen molar-refractivity contribution in [2.45, 2.75) is 39.8 Å². The van der Waals surface area contributed by atoms with Gasteiger partial charge < -0.3 is 10.1 Å². The summed E-state index contributed by atoms with van der Waals surface area (Å²) in [6.07, 6.45) is 0.170. The summed E-state index contributed by atoms with van der Waals surface area (Å²) in [5.41, 5.74) is 4.00. The van der Waals surface area contributed by atoms with E-state index >= 15 is 0 Å². The van der Waals surface area contributed by atoms with E-state index in [1.807, 2.05) is 50.5 Å². The number of anilines is 1. The third-order valence-electron chi connectivity index (χ3n) is 2.80. The fourth-order valence-electron chi connectivity index (χ4n) is 1.97. The van der Waals surface area contributed by atoms with E-state index in [1.165, 1.54) is 4.88 Å². The molecule has 1 unspecified atom stereocenters. The maximum atomic E-state index is 5.82. The van der Waals surface area contributed by atoms with Crippen molar-refractivity contribution in [2.24, 2.45) is 0 Å². The van der Waals surface area contributed by atoms with Gasteiger partial charge in [-0.1, -0.05) is 12.1 Å². The van der Waals surface area contributed by atoms with E-state index in [1.54, 1.807) is 11.3 Å². The topological polar surface area (TPSA) is 34.2 Å². The molecular formula is C15H20N2OS. The summed E-state index contributed by atoms with van der Waals surface area (Å²) in [5.74, 6) is 0.895. The largest absolute Gasteiger partial charge is 0.489 e. The second kappa shape index (κ2) is 6.06. The minimum Gasteiger partial charge on any atom is -0.489 e. The van der Waals surface area contributed by atoms with E-state index < -0.39 is 0 Å². The van der Waals surface area contributed by atoms with Crippen LogP contribution in [0.3, 0.4) is 0 Å². The number of hydrogen-bond acceptors (Lipinski definition) is 4. The number of thiazole rings is 1. The van der Waals surface area contributed by atoms with E-state index in [-0.39, 0.29) is 12.1 Å². The molecule has 0 spiro atoms. The molecule has 1 aromatic carbocycles. The van der Waals surface area contributed by atoms with Gasteiger partial charge in [-0.3, -0.25) is 0 Å². The molecule has 0 aliphatic carbocycles. The Hall–Kier alpha value is -1.55. The highest BCUT2D eigenvalue weighted by Gasteiger charge is 2.13. The second-order valence-corrected chi connectivity index (χ2v) is 5.72. The fraction of sp³-hybridized carbons (Fsp3) is 0.400. The van der Waals surface area contributed by atoms with Crippen LogP contribution < -0.4 is 10.1 Å². The first kappa shape index (κ1) is 13.9. The number of nitrogens with zero attached hydrogens (tertiary/aromatic N) is 1. The Morgan fingerprint density at radius 2 is 1.95 bits per heavy atom. The predicted molar refractivity (Wildman–Crippen MR) is 81.1 cm³/mol. The Kier molecular flexibility index (Phi) is 4.43. The molecular weight excluding hydrogens is 256 g/mol. The Balaban J connectivity index is 2.17. The Morgan fingerprint density at radius 3 is 2.58 bits per heavy atom. The molecule has 0 fully saturated rings. The van der Waals surface area contributed by atoms with E-state index in [0.29, 0.717) is 0 Å². The van der Waals surface area contributed by atoms with Crippen LogP contribution >= 0.6 is 11.3 Å². The summed E-state index contributed by atoms with van der Waals surface area (Å²) >= 11 is 1.68. The van der Waals surface area contributed by atoms with Gasteiger partial charge in [-0.05, 0) is 39.8 Å². The second-order valence-electron chi connectivity index (χ2n) is 4.83. The smallest absolute Gasteiger partial charge is 0.142 e. The first-order chi connectivity index (χ1) is 9.08. The summed E-state index contributed by atoms with van der Waals surface area (Å²) in [4.78, 5) is 5.56. The number of aryl methyl sites for hydroxylation is 1. The zero-order valence-corrected chi connectivity index (χ0v) is 12.6. The lowest BCUT2D eigenvalue weighted by Crippen LogP contribution is -2.11. The highest BCUT2D eigenvalue weighted by Crippen LogP contribution is 2.30. The van der Waals surface area contributed by atoms with Gasteiger partial charge in [0.05, 0.1) is 29.0 Å². The van der Waals surface area contributed by atoms with Crippen molar-refractivity contribution in [3.05, 3.63) is 40.3 Å². The summed E-state index contributed by atoms with van der Waals surface area (Å²) in [5, 5.41) is 3.50. The lowest BCUT2D eigenvalue weighted by molar-refractivity contribution is 0.243. The quantitative estimate of drug-likeness (QED) is 0.878. The number of ether oxygens (including phenoxy) is 1. The van der Waals surface area contributed by atoms with Crippen LogP contribution in [0.25, 0.3) is 0 Å². The van der Waals surface area contributed by atoms with Crippen molar-refractivity contribution in [3.63, 3.8) is 0 Å². The van der Waals surface area contributed by atoms with Crippen LogP contribution in [0.1, 0.15) is 37.4 Å². The summed E-state index contributed by atoms with van der Waals surface area (Å²) in [6, 6.07) is 8.27. The van der Waals surface area contributed by atoms with E-state index in [0.717, 1.165) is 17.1 Å². The van der Waals surface area contributed by atoms with Crippen molar-refractivity contribution in [1.82, 2.24) is 4.98 Å². The third kappa shape index (κ3) is 3.47. The Bertz CT molecular complexity index is 536. The average Bonchev–Trinajstić information content (AvgIpc) is 2.77. The van der Waals surface area contributed by atoms with Crippen LogP contribution in [0.15, 0.2) is 29.8 Å². The highest BCUT2D eigenvalue weighted by molar-refractivity contribution is 7.09. The first-order valence-corrected chi connectivity index (χ1v) is 7.38. The number of hydrogen-bond donors (Lipinski definition) is 1. The molecule has 0 saturated heterocycles. The van der Waals surface area contributed by atoms with Crippen molar-refractivity contribution >= 4 is 17.0 Å². The highest BCUT2D eigenvalue weighted by atomic mass is 32.1. The lowest BCUT2D eigenvalue weighted by atomic mass is 10.2. The van der Waals surface area contributed by atoms with Crippen LogP contribution in [-0.2, 0) is 0 Å². The summed E-state index contributed by atoms with van der Waals surface area (Å²) in [6.45, 7) is 8.26. The molecule has 2 rings (SSSR count). The normalized spacial score (nSPS) is 12.5. The number of rotatable bonds is 5. The van der Waals surface area contributed by atoms with Gasteiger partial charge in [-0.2, -0.15) is 0 Å². The summed E-state index contributed by atoms with van der Waals surface area (Å²) in [7, 11) is 0. The molecule has 102 valence electrons. The van der Waals surface area contributed by atoms with Gasteiger partial charge in [-0.25, -0.2) is 4.98 Å². The van der Waals surface area contributed by atoms with Gasteiger partial charge in [0.2, 0.25) is 0 Å². The predicted octanol–water partition coefficient (Wildman–Crippen LogP) is 4.41. The van der Waals surface area contributed by atoms with Crippen LogP contribution in [0, 0.1) is 6.92 Å². The zero-order valence-electron chi connectivity index (χ0n) is 11.8. The lowest BCUT2D eigenvalue weighted by Gasteiger charge is -2.19. The Labute approximate surface area is 118 Å². The van der Waals surface area contributed by atoms with E-state index in [4.69, 9.17) is 4.74 Å². The minimum atomic E-state index is 0.170. The van der Waals surface area contributed by atoms with Crippen LogP contribution in [-0.4, -0.2) is 11.1 Å². The molecule has 1 N–H and O–H groups in total. The average molecular weight is 276 g/mol. The van der Waals surface area contributed by atoms with Gasteiger partial charge in [-0.15, -0.1) is 11.3 Å². The molecule has 1 atom stereocenters. The van der Waals surface area contributed by atoms with Gasteiger partial charge in [0.25, 0.3) is 0 Å². The van der Waals surface area contributed by atoms with Gasteiger partial charge in [0.1, 0.15) is 5.75 Å². The molecule has 0 aliphatic rings. The number of nitrogens with one attached hydrogen (secondary N) is 1. The van der Waals surface area contributed by atoms with Crippen LogP contribution in [0.5, 0.6) is 5.75 Å². The number of aromatic nitrogens is 1. The van der Waals surface area contributed by atoms with Crippen LogP contribution in [0.4, 0.5) is 5.69 Å². The minimum absolute atomic E-state index is 0.170. The fourth-order valence-corrected chi connectivity index (χ4v) is 2.78. The molecule has 2 aromatic rings. The number of benzene rings is 1. The molecule has 0 saturated carbocycles. The Morgan fingerprint density at radius 1 is 1.21 bits per heavy atom. The SMILES string of the molecule is Cc1ncsc1C(C)Nc1ccccc1OC(C)C. The van der Waals surface area contributed by atoms with Gasteiger partial charge in [0, 0.05) is 4.88 Å². The molecule has 0 bridgehead atoms. The maximum Gasteiger partial charge on any atom is 0.142 e. The standard InChI is InChI=1S/C15H20N2OS/c1-10(2)18-14-8-6-5-7-13(14)17-12(4)15-11(3)16-9-19-15/h5-10,12,17H,1-4H3. The van der Waals surface area contributed by atoms with Crippen molar-refractivity contribution < 1.29 is 4.74 Å². The molecule has 1 heterocycles.